The number of hydrogen-bond acceptors (Lipinski definition) is 3. The average molecular weight is 301 g/mol. The fourth-order valence-electron chi connectivity index (χ4n) is 1.72. The highest BCUT2D eigenvalue weighted by Gasteiger charge is 2.27. The van der Waals surface area contributed by atoms with Crippen molar-refractivity contribution in [2.45, 2.75) is 32.2 Å². The van der Waals surface area contributed by atoms with Crippen molar-refractivity contribution >= 4 is 35.7 Å². The molecule has 0 radical (unpaired) electrons. The molecule has 1 aromatic carbocycles. The zero-order chi connectivity index (χ0) is 14.5. The first-order valence-corrected chi connectivity index (χ1v) is 6.12. The number of halogens is 1. The van der Waals surface area contributed by atoms with Gasteiger partial charge in [0.25, 0.3) is 0 Å². The van der Waals surface area contributed by atoms with Crippen LogP contribution >= 0.6 is 12.4 Å². The Bertz CT molecular complexity index is 477. The molecule has 0 aliphatic carbocycles. The Balaban J connectivity index is 0.00000361. The number of anilines is 2. The molecule has 0 saturated heterocycles. The largest absolute Gasteiger partial charge is 0.351 e. The third kappa shape index (κ3) is 5.46. The van der Waals surface area contributed by atoms with Gasteiger partial charge in [0.05, 0.1) is 5.54 Å². The molecule has 0 saturated carbocycles. The first-order chi connectivity index (χ1) is 8.85. The Hall–Kier alpha value is -1.79. The van der Waals surface area contributed by atoms with Gasteiger partial charge < -0.3 is 22.1 Å². The lowest BCUT2D eigenvalue weighted by Gasteiger charge is -2.23. The standard InChI is InChI=1S/C13H20N4O2.ClH/c1-3-7-13(2,15)11(18)16-9-5-4-6-10(8-9)17-12(14)19;/h4-6,8H,3,7,15H2,1-2H3,(H,16,18)(H3,14,17,19);1H. The van der Waals surface area contributed by atoms with Gasteiger partial charge in [0.2, 0.25) is 5.91 Å². The summed E-state index contributed by atoms with van der Waals surface area (Å²) in [5.74, 6) is -0.259. The highest BCUT2D eigenvalue weighted by atomic mass is 35.5. The number of benzene rings is 1. The number of rotatable bonds is 5. The molecule has 1 atom stereocenters. The summed E-state index contributed by atoms with van der Waals surface area (Å²) in [7, 11) is 0. The molecule has 0 heterocycles. The number of carbonyl (C=O) groups excluding carboxylic acids is 2. The van der Waals surface area contributed by atoms with E-state index < -0.39 is 11.6 Å². The number of hydrogen-bond donors (Lipinski definition) is 4. The molecule has 112 valence electrons. The third-order valence-electron chi connectivity index (χ3n) is 2.68. The molecule has 0 aliphatic rings. The molecule has 0 fully saturated rings. The fraction of sp³-hybridized carbons (Fsp3) is 0.385. The van der Waals surface area contributed by atoms with Crippen LogP contribution in [0.15, 0.2) is 24.3 Å². The second kappa shape index (κ2) is 7.72. The quantitative estimate of drug-likeness (QED) is 0.668. The lowest BCUT2D eigenvalue weighted by atomic mass is 9.96. The van der Waals surface area contributed by atoms with Crippen LogP contribution in [0.2, 0.25) is 0 Å². The van der Waals surface area contributed by atoms with Crippen molar-refractivity contribution in [2.75, 3.05) is 10.6 Å². The molecular formula is C13H21ClN4O2. The molecule has 6 nitrogen and oxygen atoms in total. The lowest BCUT2D eigenvalue weighted by Crippen LogP contribution is -2.48. The van der Waals surface area contributed by atoms with Crippen LogP contribution in [0.3, 0.4) is 0 Å². The zero-order valence-corrected chi connectivity index (χ0v) is 12.4. The molecule has 0 aliphatic heterocycles. The van der Waals surface area contributed by atoms with E-state index >= 15 is 0 Å². The summed E-state index contributed by atoms with van der Waals surface area (Å²) in [6.07, 6.45) is 1.42. The zero-order valence-electron chi connectivity index (χ0n) is 11.6. The summed E-state index contributed by atoms with van der Waals surface area (Å²) in [4.78, 5) is 22.8. The Morgan fingerprint density at radius 3 is 2.30 bits per heavy atom. The van der Waals surface area contributed by atoms with Crippen molar-refractivity contribution < 1.29 is 9.59 Å². The van der Waals surface area contributed by atoms with Crippen molar-refractivity contribution in [2.24, 2.45) is 11.5 Å². The van der Waals surface area contributed by atoms with Gasteiger partial charge in [0.1, 0.15) is 0 Å². The summed E-state index contributed by atoms with van der Waals surface area (Å²) < 4.78 is 0. The van der Waals surface area contributed by atoms with E-state index in [1.54, 1.807) is 31.2 Å². The summed E-state index contributed by atoms with van der Waals surface area (Å²) in [5.41, 5.74) is 11.1. The minimum atomic E-state index is -0.915. The first kappa shape index (κ1) is 18.2. The van der Waals surface area contributed by atoms with E-state index in [2.05, 4.69) is 10.6 Å². The van der Waals surface area contributed by atoms with Crippen LogP contribution in [-0.4, -0.2) is 17.5 Å². The van der Waals surface area contributed by atoms with Gasteiger partial charge in [-0.05, 0) is 31.5 Å². The molecule has 1 rings (SSSR count). The highest BCUT2D eigenvalue weighted by Crippen LogP contribution is 2.17. The molecule has 6 N–H and O–H groups in total. The van der Waals surface area contributed by atoms with Gasteiger partial charge in [-0.1, -0.05) is 19.4 Å². The summed E-state index contributed by atoms with van der Waals surface area (Å²) in [6.45, 7) is 3.66. The van der Waals surface area contributed by atoms with Crippen LogP contribution in [0.25, 0.3) is 0 Å². The van der Waals surface area contributed by atoms with E-state index in [1.807, 2.05) is 6.92 Å². The van der Waals surface area contributed by atoms with Gasteiger partial charge in [0.15, 0.2) is 0 Å². The number of nitrogens with one attached hydrogen (secondary N) is 2. The van der Waals surface area contributed by atoms with Gasteiger partial charge in [-0.2, -0.15) is 0 Å². The van der Waals surface area contributed by atoms with E-state index in [-0.39, 0.29) is 18.3 Å². The van der Waals surface area contributed by atoms with Crippen molar-refractivity contribution in [1.29, 1.82) is 0 Å². The number of urea groups is 1. The number of nitrogens with two attached hydrogens (primary N) is 2. The van der Waals surface area contributed by atoms with Gasteiger partial charge in [-0.15, -0.1) is 12.4 Å². The molecule has 20 heavy (non-hydrogen) atoms. The van der Waals surface area contributed by atoms with Crippen molar-refractivity contribution in [3.8, 4) is 0 Å². The molecule has 3 amide bonds. The third-order valence-corrected chi connectivity index (χ3v) is 2.68. The van der Waals surface area contributed by atoms with Crippen LogP contribution < -0.4 is 22.1 Å². The number of amides is 3. The maximum Gasteiger partial charge on any atom is 0.316 e. The predicted octanol–water partition coefficient (Wildman–Crippen LogP) is 2.06. The van der Waals surface area contributed by atoms with Gasteiger partial charge in [0, 0.05) is 11.4 Å². The van der Waals surface area contributed by atoms with E-state index in [9.17, 15) is 9.59 Å². The van der Waals surface area contributed by atoms with Crippen molar-refractivity contribution in [3.05, 3.63) is 24.3 Å². The van der Waals surface area contributed by atoms with Crippen molar-refractivity contribution in [3.63, 3.8) is 0 Å². The maximum absolute atomic E-state index is 12.0. The number of primary amides is 1. The first-order valence-electron chi connectivity index (χ1n) is 6.12. The molecule has 7 heteroatoms. The van der Waals surface area contributed by atoms with Crippen LogP contribution in [-0.2, 0) is 4.79 Å². The molecule has 1 aromatic rings. The minimum absolute atomic E-state index is 0. The molecular weight excluding hydrogens is 280 g/mol. The van der Waals surface area contributed by atoms with Crippen molar-refractivity contribution in [1.82, 2.24) is 0 Å². The van der Waals surface area contributed by atoms with Gasteiger partial charge in [-0.25, -0.2) is 4.79 Å². The fourth-order valence-corrected chi connectivity index (χ4v) is 1.72. The minimum Gasteiger partial charge on any atom is -0.351 e. The SMILES string of the molecule is CCCC(C)(N)C(=O)Nc1cccc(NC(N)=O)c1.Cl. The Labute approximate surface area is 124 Å². The van der Waals surface area contributed by atoms with Gasteiger partial charge in [-0.3, -0.25) is 4.79 Å². The van der Waals surface area contributed by atoms with E-state index in [0.717, 1.165) is 6.42 Å². The number of carbonyl (C=O) groups is 2. The van der Waals surface area contributed by atoms with Gasteiger partial charge >= 0.3 is 6.03 Å². The predicted molar refractivity (Wildman–Crippen MR) is 83.0 cm³/mol. The summed E-state index contributed by atoms with van der Waals surface area (Å²) in [5, 5.41) is 5.16. The average Bonchev–Trinajstić information content (AvgIpc) is 2.28. The van der Waals surface area contributed by atoms with E-state index in [4.69, 9.17) is 11.5 Å². The topological polar surface area (TPSA) is 110 Å². The normalized spacial score (nSPS) is 12.8. The Morgan fingerprint density at radius 2 is 1.80 bits per heavy atom. The lowest BCUT2D eigenvalue weighted by molar-refractivity contribution is -0.120. The molecule has 1 unspecified atom stereocenters. The molecule has 0 aromatic heterocycles. The maximum atomic E-state index is 12.0. The summed E-state index contributed by atoms with van der Waals surface area (Å²) >= 11 is 0. The van der Waals surface area contributed by atoms with Crippen LogP contribution in [0.5, 0.6) is 0 Å². The van der Waals surface area contributed by atoms with E-state index in [0.29, 0.717) is 17.8 Å². The van der Waals surface area contributed by atoms with Crippen LogP contribution in [0, 0.1) is 0 Å². The van der Waals surface area contributed by atoms with Crippen LogP contribution in [0.1, 0.15) is 26.7 Å². The smallest absolute Gasteiger partial charge is 0.316 e. The summed E-state index contributed by atoms with van der Waals surface area (Å²) in [6, 6.07) is 6.05. The van der Waals surface area contributed by atoms with Crippen LogP contribution in [0.4, 0.5) is 16.2 Å². The second-order valence-electron chi connectivity index (χ2n) is 4.69. The molecule has 0 spiro atoms. The Morgan fingerprint density at radius 1 is 1.25 bits per heavy atom. The molecule has 0 bridgehead atoms. The van der Waals surface area contributed by atoms with E-state index in [1.165, 1.54) is 0 Å². The second-order valence-corrected chi connectivity index (χ2v) is 4.69. The monoisotopic (exact) mass is 300 g/mol. The highest BCUT2D eigenvalue weighted by molar-refractivity contribution is 5.98. The Kier molecular flexibility index (Phi) is 7.02.